The molecule has 1 aromatic heterocycles. The van der Waals surface area contributed by atoms with Crippen molar-refractivity contribution in [2.45, 2.75) is 26.7 Å². The topological polar surface area (TPSA) is 88.5 Å². The second kappa shape index (κ2) is 8.24. The fourth-order valence-electron chi connectivity index (χ4n) is 2.21. The Morgan fingerprint density at radius 2 is 2.14 bits per heavy atom. The summed E-state index contributed by atoms with van der Waals surface area (Å²) >= 11 is 0. The van der Waals surface area contributed by atoms with Gasteiger partial charge >= 0.3 is 5.97 Å². The third-order valence-electron chi connectivity index (χ3n) is 3.07. The Labute approximate surface area is 124 Å². The van der Waals surface area contributed by atoms with Crippen molar-refractivity contribution in [2.75, 3.05) is 13.7 Å². The number of nitrogens with zero attached hydrogens (tertiary/aromatic N) is 1. The number of carboxylic acids is 1. The Morgan fingerprint density at radius 1 is 1.43 bits per heavy atom. The largest absolute Gasteiger partial charge is 0.494 e. The van der Waals surface area contributed by atoms with Gasteiger partial charge in [0.1, 0.15) is 5.75 Å². The number of hydrogen-bond acceptors (Lipinski definition) is 4. The highest BCUT2D eigenvalue weighted by atomic mass is 16.5. The molecule has 1 amide bonds. The van der Waals surface area contributed by atoms with Crippen molar-refractivity contribution in [2.24, 2.45) is 11.8 Å². The summed E-state index contributed by atoms with van der Waals surface area (Å²) in [6, 6.07) is 1.57. The quantitative estimate of drug-likeness (QED) is 0.765. The van der Waals surface area contributed by atoms with Crippen LogP contribution in [0.15, 0.2) is 18.5 Å². The maximum Gasteiger partial charge on any atom is 0.303 e. The van der Waals surface area contributed by atoms with Gasteiger partial charge in [-0.1, -0.05) is 13.8 Å². The van der Waals surface area contributed by atoms with Gasteiger partial charge in [-0.15, -0.1) is 0 Å². The molecule has 0 aliphatic heterocycles. The standard InChI is InChI=1S/C15H22N2O4/c1-10(2)6-11(7-14(18)19)8-17-15(20)12-4-5-16-9-13(12)21-3/h4-5,9-11H,6-8H2,1-3H3,(H,17,20)(H,18,19)/t11-/m0/s1. The summed E-state index contributed by atoms with van der Waals surface area (Å²) < 4.78 is 5.08. The number of amides is 1. The highest BCUT2D eigenvalue weighted by Gasteiger charge is 2.18. The zero-order chi connectivity index (χ0) is 15.8. The highest BCUT2D eigenvalue weighted by Crippen LogP contribution is 2.17. The van der Waals surface area contributed by atoms with E-state index in [0.717, 1.165) is 6.42 Å². The first-order valence-corrected chi connectivity index (χ1v) is 6.92. The number of carboxylic acid groups (broad SMARTS) is 1. The van der Waals surface area contributed by atoms with Crippen molar-refractivity contribution in [1.29, 1.82) is 0 Å². The van der Waals surface area contributed by atoms with E-state index in [4.69, 9.17) is 9.84 Å². The molecular weight excluding hydrogens is 272 g/mol. The lowest BCUT2D eigenvalue weighted by atomic mass is 9.94. The molecule has 116 valence electrons. The zero-order valence-corrected chi connectivity index (χ0v) is 12.6. The van der Waals surface area contributed by atoms with Crippen molar-refractivity contribution in [3.63, 3.8) is 0 Å². The second-order valence-corrected chi connectivity index (χ2v) is 5.38. The second-order valence-electron chi connectivity index (χ2n) is 5.38. The predicted octanol–water partition coefficient (Wildman–Crippen LogP) is 1.96. The van der Waals surface area contributed by atoms with Crippen LogP contribution in [0.2, 0.25) is 0 Å². The van der Waals surface area contributed by atoms with E-state index >= 15 is 0 Å². The molecular formula is C15H22N2O4. The van der Waals surface area contributed by atoms with Crippen LogP contribution in [0, 0.1) is 11.8 Å². The van der Waals surface area contributed by atoms with Gasteiger partial charge in [-0.3, -0.25) is 14.6 Å². The molecule has 0 fully saturated rings. The number of aliphatic carboxylic acids is 1. The van der Waals surface area contributed by atoms with Crippen LogP contribution < -0.4 is 10.1 Å². The minimum absolute atomic E-state index is 0.0476. The summed E-state index contributed by atoms with van der Waals surface area (Å²) in [6.45, 7) is 4.39. The average molecular weight is 294 g/mol. The monoisotopic (exact) mass is 294 g/mol. The molecule has 6 heteroatoms. The van der Waals surface area contributed by atoms with E-state index in [9.17, 15) is 9.59 Å². The van der Waals surface area contributed by atoms with E-state index in [1.165, 1.54) is 19.5 Å². The molecule has 21 heavy (non-hydrogen) atoms. The molecule has 0 aromatic carbocycles. The summed E-state index contributed by atoms with van der Waals surface area (Å²) in [5.41, 5.74) is 0.395. The van der Waals surface area contributed by atoms with Gasteiger partial charge in [0.05, 0.1) is 18.9 Å². The number of carbonyl (C=O) groups is 2. The van der Waals surface area contributed by atoms with E-state index in [0.29, 0.717) is 23.8 Å². The number of carbonyl (C=O) groups excluding carboxylic acids is 1. The molecule has 1 atom stereocenters. The number of hydrogen-bond donors (Lipinski definition) is 2. The van der Waals surface area contributed by atoms with Gasteiger partial charge in [-0.2, -0.15) is 0 Å². The molecule has 1 heterocycles. The zero-order valence-electron chi connectivity index (χ0n) is 12.6. The van der Waals surface area contributed by atoms with Crippen LogP contribution in [-0.2, 0) is 4.79 Å². The summed E-state index contributed by atoms with van der Waals surface area (Å²) in [5, 5.41) is 11.7. The number of aromatic nitrogens is 1. The van der Waals surface area contributed by atoms with Crippen molar-refractivity contribution in [3.05, 3.63) is 24.0 Å². The van der Waals surface area contributed by atoms with Crippen LogP contribution in [-0.4, -0.2) is 35.6 Å². The van der Waals surface area contributed by atoms with Gasteiger partial charge < -0.3 is 15.2 Å². The summed E-state index contributed by atoms with van der Waals surface area (Å²) in [6.07, 6.45) is 3.78. The number of rotatable bonds is 8. The first-order valence-electron chi connectivity index (χ1n) is 6.92. The molecule has 0 unspecified atom stereocenters. The number of ether oxygens (including phenoxy) is 1. The molecule has 0 saturated carbocycles. The molecule has 0 spiro atoms. The van der Waals surface area contributed by atoms with Crippen molar-refractivity contribution >= 4 is 11.9 Å². The Kier molecular flexibility index (Phi) is 6.65. The van der Waals surface area contributed by atoms with E-state index in [2.05, 4.69) is 10.3 Å². The van der Waals surface area contributed by atoms with E-state index in [-0.39, 0.29) is 18.2 Å². The molecule has 6 nitrogen and oxygen atoms in total. The summed E-state index contributed by atoms with van der Waals surface area (Å²) in [5.74, 6) is -0.445. The Morgan fingerprint density at radius 3 is 2.71 bits per heavy atom. The maximum absolute atomic E-state index is 12.1. The molecule has 1 rings (SSSR count). The SMILES string of the molecule is COc1cnccc1C(=O)NC[C@H](CC(=O)O)CC(C)C. The smallest absolute Gasteiger partial charge is 0.303 e. The van der Waals surface area contributed by atoms with Gasteiger partial charge in [0.15, 0.2) is 0 Å². The van der Waals surface area contributed by atoms with Gasteiger partial charge in [0, 0.05) is 19.2 Å². The van der Waals surface area contributed by atoms with Gasteiger partial charge in [-0.05, 0) is 24.3 Å². The molecule has 0 saturated heterocycles. The Hall–Kier alpha value is -2.11. The average Bonchev–Trinajstić information content (AvgIpc) is 2.43. The lowest BCUT2D eigenvalue weighted by molar-refractivity contribution is -0.138. The first kappa shape index (κ1) is 16.9. The number of pyridine rings is 1. The van der Waals surface area contributed by atoms with Crippen LogP contribution in [0.25, 0.3) is 0 Å². The van der Waals surface area contributed by atoms with Gasteiger partial charge in [-0.25, -0.2) is 0 Å². The first-order chi connectivity index (χ1) is 9.93. The fraction of sp³-hybridized carbons (Fsp3) is 0.533. The molecule has 2 N–H and O–H groups in total. The molecule has 0 aliphatic rings. The van der Waals surface area contributed by atoms with E-state index in [1.54, 1.807) is 6.07 Å². The van der Waals surface area contributed by atoms with Crippen molar-refractivity contribution < 1.29 is 19.4 Å². The maximum atomic E-state index is 12.1. The summed E-state index contributed by atoms with van der Waals surface area (Å²) in [7, 11) is 1.47. The lowest BCUT2D eigenvalue weighted by Crippen LogP contribution is -2.31. The minimum Gasteiger partial charge on any atom is -0.494 e. The highest BCUT2D eigenvalue weighted by molar-refractivity contribution is 5.96. The predicted molar refractivity (Wildman–Crippen MR) is 78.3 cm³/mol. The van der Waals surface area contributed by atoms with Gasteiger partial charge in [0.25, 0.3) is 5.91 Å². The van der Waals surface area contributed by atoms with Crippen LogP contribution in [0.3, 0.4) is 0 Å². The molecule has 0 radical (unpaired) electrons. The van der Waals surface area contributed by atoms with E-state index in [1.807, 2.05) is 13.8 Å². The summed E-state index contributed by atoms with van der Waals surface area (Å²) in [4.78, 5) is 26.9. The van der Waals surface area contributed by atoms with Gasteiger partial charge in [0.2, 0.25) is 0 Å². The van der Waals surface area contributed by atoms with Crippen molar-refractivity contribution in [1.82, 2.24) is 10.3 Å². The Bertz CT molecular complexity index is 488. The number of nitrogens with one attached hydrogen (secondary N) is 1. The lowest BCUT2D eigenvalue weighted by Gasteiger charge is -2.18. The Balaban J connectivity index is 2.66. The van der Waals surface area contributed by atoms with Crippen LogP contribution >= 0.6 is 0 Å². The third kappa shape index (κ3) is 5.81. The third-order valence-corrected chi connectivity index (χ3v) is 3.07. The number of methoxy groups -OCH3 is 1. The van der Waals surface area contributed by atoms with Crippen LogP contribution in [0.5, 0.6) is 5.75 Å². The molecule has 1 aromatic rings. The normalized spacial score (nSPS) is 12.0. The minimum atomic E-state index is -0.851. The van der Waals surface area contributed by atoms with E-state index < -0.39 is 5.97 Å². The van der Waals surface area contributed by atoms with Crippen molar-refractivity contribution in [3.8, 4) is 5.75 Å². The molecule has 0 bridgehead atoms. The fourth-order valence-corrected chi connectivity index (χ4v) is 2.21. The van der Waals surface area contributed by atoms with Crippen LogP contribution in [0.1, 0.15) is 37.0 Å². The molecule has 0 aliphatic carbocycles. The van der Waals surface area contributed by atoms with Crippen LogP contribution in [0.4, 0.5) is 0 Å².